The summed E-state index contributed by atoms with van der Waals surface area (Å²) in [5, 5.41) is 9.86. The number of carboxylic acid groups (broad SMARTS) is 1. The number of hydrogen-bond donors (Lipinski definition) is 3. The van der Waals surface area contributed by atoms with Gasteiger partial charge in [-0.05, 0) is 36.7 Å². The number of halogens is 1. The minimum atomic E-state index is -2.18. The van der Waals surface area contributed by atoms with Crippen molar-refractivity contribution in [3.63, 3.8) is 0 Å². The fourth-order valence-electron chi connectivity index (χ4n) is 3.38. The summed E-state index contributed by atoms with van der Waals surface area (Å²) < 4.78 is 6.65. The first-order valence-corrected chi connectivity index (χ1v) is 13.2. The Morgan fingerprint density at radius 1 is 1.33 bits per heavy atom. The van der Waals surface area contributed by atoms with E-state index in [1.807, 2.05) is 4.90 Å². The standard InChI is InChI=1S/C20H33ClN4O4Si/c1-20(2,3)30(5,6)29-16-11-25(8-7-14(16)24(4)19(27)28)15-10-12(18(23)26)9-13(22)17(15)21/h9-10,14,16H,7-8,11,22H2,1-6H3,(H2,23,26)(H,27,28)/t14-,16+/m0/s1. The van der Waals surface area contributed by atoms with Gasteiger partial charge in [-0.25, -0.2) is 4.79 Å². The monoisotopic (exact) mass is 456 g/mol. The van der Waals surface area contributed by atoms with Crippen LogP contribution in [0.25, 0.3) is 0 Å². The van der Waals surface area contributed by atoms with Gasteiger partial charge in [0, 0.05) is 25.7 Å². The molecule has 0 radical (unpaired) electrons. The molecule has 0 unspecified atom stereocenters. The van der Waals surface area contributed by atoms with E-state index in [0.717, 1.165) is 0 Å². The van der Waals surface area contributed by atoms with E-state index >= 15 is 0 Å². The molecule has 1 aliphatic heterocycles. The Hall–Kier alpha value is -1.97. The highest BCUT2D eigenvalue weighted by atomic mass is 35.5. The average Bonchev–Trinajstić information content (AvgIpc) is 2.61. The fourth-order valence-corrected chi connectivity index (χ4v) is 4.95. The maximum absolute atomic E-state index is 11.7. The third kappa shape index (κ3) is 5.01. The molecule has 0 bridgehead atoms. The van der Waals surface area contributed by atoms with E-state index in [0.29, 0.717) is 30.2 Å². The van der Waals surface area contributed by atoms with Crippen LogP contribution in [0.2, 0.25) is 23.2 Å². The zero-order chi connectivity index (χ0) is 23.0. The summed E-state index contributed by atoms with van der Waals surface area (Å²) >= 11 is 6.45. The van der Waals surface area contributed by atoms with Gasteiger partial charge in [-0.1, -0.05) is 32.4 Å². The van der Waals surface area contributed by atoms with Crippen LogP contribution in [0.4, 0.5) is 16.2 Å². The lowest BCUT2D eigenvalue weighted by molar-refractivity contribution is 0.0561. The van der Waals surface area contributed by atoms with Crippen molar-refractivity contribution in [3.8, 4) is 0 Å². The maximum atomic E-state index is 11.7. The van der Waals surface area contributed by atoms with Crippen molar-refractivity contribution in [2.24, 2.45) is 5.73 Å². The Kier molecular flexibility index (Phi) is 7.00. The number of rotatable bonds is 5. The van der Waals surface area contributed by atoms with Gasteiger partial charge in [0.1, 0.15) is 0 Å². The van der Waals surface area contributed by atoms with Crippen LogP contribution < -0.4 is 16.4 Å². The van der Waals surface area contributed by atoms with Crippen molar-refractivity contribution in [2.45, 2.75) is 57.5 Å². The molecule has 1 aromatic rings. The van der Waals surface area contributed by atoms with Crippen molar-refractivity contribution < 1.29 is 19.1 Å². The Balaban J connectivity index is 2.42. The lowest BCUT2D eigenvalue weighted by Gasteiger charge is -2.47. The van der Waals surface area contributed by atoms with E-state index in [1.54, 1.807) is 13.1 Å². The van der Waals surface area contributed by atoms with Gasteiger partial charge in [0.05, 0.1) is 28.5 Å². The molecule has 30 heavy (non-hydrogen) atoms. The zero-order valence-corrected chi connectivity index (χ0v) is 20.3. The molecule has 1 heterocycles. The molecule has 2 atom stereocenters. The summed E-state index contributed by atoms with van der Waals surface area (Å²) in [6, 6.07) is 2.80. The van der Waals surface area contributed by atoms with E-state index in [-0.39, 0.29) is 28.4 Å². The van der Waals surface area contributed by atoms with Crippen LogP contribution >= 0.6 is 11.6 Å². The Morgan fingerprint density at radius 3 is 2.43 bits per heavy atom. The molecular weight excluding hydrogens is 424 g/mol. The number of benzene rings is 1. The maximum Gasteiger partial charge on any atom is 0.407 e. The minimum Gasteiger partial charge on any atom is -0.465 e. The predicted molar refractivity (Wildman–Crippen MR) is 123 cm³/mol. The molecule has 1 aliphatic rings. The molecule has 5 N–H and O–H groups in total. The molecule has 1 saturated heterocycles. The highest BCUT2D eigenvalue weighted by Crippen LogP contribution is 2.40. The fraction of sp³-hybridized carbons (Fsp3) is 0.600. The van der Waals surface area contributed by atoms with Crippen LogP contribution in [-0.2, 0) is 4.43 Å². The number of anilines is 2. The molecule has 0 aliphatic carbocycles. The smallest absolute Gasteiger partial charge is 0.407 e. The topological polar surface area (TPSA) is 122 Å². The Morgan fingerprint density at radius 2 is 1.93 bits per heavy atom. The number of hydrogen-bond acceptors (Lipinski definition) is 5. The second kappa shape index (κ2) is 8.64. The van der Waals surface area contributed by atoms with Crippen LogP contribution in [0.5, 0.6) is 0 Å². The van der Waals surface area contributed by atoms with Crippen LogP contribution in [0.1, 0.15) is 37.6 Å². The van der Waals surface area contributed by atoms with Crippen LogP contribution in [0, 0.1) is 0 Å². The van der Waals surface area contributed by atoms with Crippen molar-refractivity contribution in [3.05, 3.63) is 22.7 Å². The highest BCUT2D eigenvalue weighted by Gasteiger charge is 2.44. The number of nitrogens with zero attached hydrogens (tertiary/aromatic N) is 2. The molecule has 0 saturated carbocycles. The quantitative estimate of drug-likeness (QED) is 0.459. The zero-order valence-electron chi connectivity index (χ0n) is 18.5. The first-order chi connectivity index (χ1) is 13.7. The molecule has 1 fully saturated rings. The van der Waals surface area contributed by atoms with E-state index in [2.05, 4.69) is 33.9 Å². The van der Waals surface area contributed by atoms with Crippen LogP contribution in [0.3, 0.4) is 0 Å². The summed E-state index contributed by atoms with van der Waals surface area (Å²) in [6.45, 7) is 11.7. The van der Waals surface area contributed by atoms with Gasteiger partial charge < -0.3 is 30.8 Å². The number of primary amides is 1. The lowest BCUT2D eigenvalue weighted by Crippen LogP contribution is -2.59. The number of nitrogen functional groups attached to an aromatic ring is 1. The van der Waals surface area contributed by atoms with Crippen molar-refractivity contribution in [1.82, 2.24) is 4.90 Å². The summed E-state index contributed by atoms with van der Waals surface area (Å²) in [7, 11) is -0.604. The van der Waals surface area contributed by atoms with Crippen molar-refractivity contribution in [1.29, 1.82) is 0 Å². The lowest BCUT2D eigenvalue weighted by atomic mass is 9.99. The minimum absolute atomic E-state index is 0.0322. The summed E-state index contributed by atoms with van der Waals surface area (Å²) in [6.07, 6.45) is -0.787. The molecule has 2 rings (SSSR count). The number of piperidine rings is 1. The third-order valence-electron chi connectivity index (χ3n) is 6.28. The SMILES string of the molecule is CN(C(=O)O)[C@H]1CCN(c2cc(C(N)=O)cc(N)c2Cl)C[C@H]1O[Si](C)(C)C(C)(C)C. The van der Waals surface area contributed by atoms with Gasteiger partial charge in [0.15, 0.2) is 8.32 Å². The summed E-state index contributed by atoms with van der Waals surface area (Å²) in [5.74, 6) is -0.589. The van der Waals surface area contributed by atoms with E-state index in [9.17, 15) is 14.7 Å². The van der Waals surface area contributed by atoms with Crippen molar-refractivity contribution in [2.75, 3.05) is 30.8 Å². The number of likely N-dealkylation sites (N-methyl/N-ethyl adjacent to an activating group) is 1. The van der Waals surface area contributed by atoms with E-state index in [1.165, 1.54) is 11.0 Å². The molecule has 10 heteroatoms. The first kappa shape index (κ1) is 24.3. The van der Waals surface area contributed by atoms with Crippen LogP contribution in [0.15, 0.2) is 12.1 Å². The number of carbonyl (C=O) groups is 2. The largest absolute Gasteiger partial charge is 0.465 e. The van der Waals surface area contributed by atoms with Gasteiger partial charge in [-0.15, -0.1) is 0 Å². The summed E-state index contributed by atoms with van der Waals surface area (Å²) in [4.78, 5) is 26.7. The number of amides is 2. The Labute approximate surface area is 184 Å². The molecule has 8 nitrogen and oxygen atoms in total. The van der Waals surface area contributed by atoms with Gasteiger partial charge in [0.2, 0.25) is 5.91 Å². The van der Waals surface area contributed by atoms with E-state index in [4.69, 9.17) is 27.5 Å². The van der Waals surface area contributed by atoms with Gasteiger partial charge in [0.25, 0.3) is 0 Å². The number of carbonyl (C=O) groups excluding carboxylic acids is 1. The normalized spacial score (nSPS) is 20.2. The second-order valence-corrected chi connectivity index (χ2v) is 14.5. The molecule has 2 amide bonds. The first-order valence-electron chi connectivity index (χ1n) is 9.93. The molecule has 168 valence electrons. The Bertz CT molecular complexity index is 828. The second-order valence-electron chi connectivity index (χ2n) is 9.37. The van der Waals surface area contributed by atoms with Crippen LogP contribution in [-0.4, -0.2) is 62.6 Å². The molecule has 0 spiro atoms. The number of nitrogens with two attached hydrogens (primary N) is 2. The van der Waals surface area contributed by atoms with E-state index < -0.39 is 20.3 Å². The molecule has 1 aromatic carbocycles. The third-order valence-corrected chi connectivity index (χ3v) is 11.2. The molecule has 0 aromatic heterocycles. The van der Waals surface area contributed by atoms with Gasteiger partial charge in [-0.2, -0.15) is 0 Å². The molecular formula is C20H33ClN4O4Si. The van der Waals surface area contributed by atoms with Gasteiger partial charge in [-0.3, -0.25) is 4.79 Å². The highest BCUT2D eigenvalue weighted by molar-refractivity contribution is 6.74. The summed E-state index contributed by atoms with van der Waals surface area (Å²) in [5.41, 5.74) is 12.6. The van der Waals surface area contributed by atoms with Gasteiger partial charge >= 0.3 is 6.09 Å². The van der Waals surface area contributed by atoms with Crippen molar-refractivity contribution >= 4 is 43.3 Å². The predicted octanol–water partition coefficient (Wildman–Crippen LogP) is 3.60. The average molecular weight is 457 g/mol.